The van der Waals surface area contributed by atoms with E-state index in [4.69, 9.17) is 17.3 Å². The Balaban J connectivity index is 2.64. The van der Waals surface area contributed by atoms with Gasteiger partial charge in [0.2, 0.25) is 0 Å². The minimum absolute atomic E-state index is 0.145. The van der Waals surface area contributed by atoms with Gasteiger partial charge in [0.25, 0.3) is 0 Å². The molecule has 3 N–H and O–H groups in total. The minimum atomic E-state index is 0.145. The average molecular weight is 227 g/mol. The maximum absolute atomic E-state index is 5.94. The lowest BCUT2D eigenvalue weighted by Crippen LogP contribution is -2.41. The van der Waals surface area contributed by atoms with Crippen molar-refractivity contribution in [3.05, 3.63) is 34.9 Å². The van der Waals surface area contributed by atoms with Crippen molar-refractivity contribution < 1.29 is 0 Å². The molecule has 0 aliphatic carbocycles. The van der Waals surface area contributed by atoms with E-state index in [1.165, 1.54) is 5.56 Å². The van der Waals surface area contributed by atoms with Crippen LogP contribution < -0.4 is 11.1 Å². The number of hydrogen-bond donors (Lipinski definition) is 2. The highest BCUT2D eigenvalue weighted by Gasteiger charge is 2.12. The predicted molar refractivity (Wildman–Crippen MR) is 66.1 cm³/mol. The minimum Gasteiger partial charge on any atom is -0.327 e. The fourth-order valence-electron chi connectivity index (χ4n) is 1.42. The lowest BCUT2D eigenvalue weighted by atomic mass is 10.1. The summed E-state index contributed by atoms with van der Waals surface area (Å²) < 4.78 is 0. The van der Waals surface area contributed by atoms with E-state index < -0.39 is 0 Å². The first kappa shape index (κ1) is 12.5. The summed E-state index contributed by atoms with van der Waals surface area (Å²) in [5.74, 6) is 0. The summed E-state index contributed by atoms with van der Waals surface area (Å²) in [4.78, 5) is 0. The summed E-state index contributed by atoms with van der Waals surface area (Å²) in [5.41, 5.74) is 6.99. The van der Waals surface area contributed by atoms with Gasteiger partial charge in [0.15, 0.2) is 0 Å². The van der Waals surface area contributed by atoms with E-state index in [9.17, 15) is 0 Å². The second-order valence-corrected chi connectivity index (χ2v) is 4.53. The van der Waals surface area contributed by atoms with Gasteiger partial charge in [-0.25, -0.2) is 0 Å². The van der Waals surface area contributed by atoms with Crippen molar-refractivity contribution in [1.29, 1.82) is 0 Å². The van der Waals surface area contributed by atoms with Crippen molar-refractivity contribution in [2.75, 3.05) is 0 Å². The first-order valence-electron chi connectivity index (χ1n) is 5.28. The molecule has 1 aromatic rings. The van der Waals surface area contributed by atoms with E-state index in [-0.39, 0.29) is 12.1 Å². The molecule has 0 heterocycles. The zero-order valence-corrected chi connectivity index (χ0v) is 10.3. The van der Waals surface area contributed by atoms with Crippen LogP contribution in [0.4, 0.5) is 0 Å². The molecule has 3 atom stereocenters. The molecule has 2 nitrogen and oxygen atoms in total. The summed E-state index contributed by atoms with van der Waals surface area (Å²) >= 11 is 5.94. The van der Waals surface area contributed by atoms with Crippen molar-refractivity contribution in [2.45, 2.75) is 38.9 Å². The zero-order chi connectivity index (χ0) is 11.4. The average Bonchev–Trinajstić information content (AvgIpc) is 2.17. The summed E-state index contributed by atoms with van der Waals surface area (Å²) in [7, 11) is 0. The largest absolute Gasteiger partial charge is 0.327 e. The van der Waals surface area contributed by atoms with Crippen LogP contribution in [0.1, 0.15) is 32.4 Å². The molecule has 3 unspecified atom stereocenters. The summed E-state index contributed by atoms with van der Waals surface area (Å²) in [6.45, 7) is 6.21. The van der Waals surface area contributed by atoms with Gasteiger partial charge in [-0.15, -0.1) is 0 Å². The van der Waals surface area contributed by atoms with Crippen LogP contribution in [0.15, 0.2) is 24.3 Å². The predicted octanol–water partition coefficient (Wildman–Crippen LogP) is 2.73. The molecule has 0 bridgehead atoms. The molecular formula is C12H19ClN2. The van der Waals surface area contributed by atoms with Crippen LogP contribution in [0.25, 0.3) is 0 Å². The number of nitrogens with one attached hydrogen (secondary N) is 1. The maximum atomic E-state index is 5.94. The quantitative estimate of drug-likeness (QED) is 0.829. The normalized spacial score (nSPS) is 17.1. The second-order valence-electron chi connectivity index (χ2n) is 4.09. The number of rotatable bonds is 4. The van der Waals surface area contributed by atoms with Crippen LogP contribution in [0.2, 0.25) is 5.02 Å². The van der Waals surface area contributed by atoms with Gasteiger partial charge in [-0.05, 0) is 38.5 Å². The van der Waals surface area contributed by atoms with Crippen LogP contribution in [0.3, 0.4) is 0 Å². The third-order valence-electron chi connectivity index (χ3n) is 2.65. The molecule has 0 aromatic heterocycles. The highest BCUT2D eigenvalue weighted by Crippen LogP contribution is 2.17. The Kier molecular flexibility index (Phi) is 4.58. The van der Waals surface area contributed by atoms with Crippen LogP contribution in [-0.2, 0) is 0 Å². The SMILES string of the molecule is CC(NC(C)C(C)N)c1cccc(Cl)c1. The number of hydrogen-bond acceptors (Lipinski definition) is 2. The van der Waals surface area contributed by atoms with Crippen LogP contribution in [-0.4, -0.2) is 12.1 Å². The van der Waals surface area contributed by atoms with Crippen LogP contribution in [0.5, 0.6) is 0 Å². The third-order valence-corrected chi connectivity index (χ3v) is 2.89. The fraction of sp³-hybridized carbons (Fsp3) is 0.500. The van der Waals surface area contributed by atoms with E-state index in [1.54, 1.807) is 0 Å². The van der Waals surface area contributed by atoms with Crippen molar-refractivity contribution in [2.24, 2.45) is 5.73 Å². The topological polar surface area (TPSA) is 38.0 Å². The Bertz CT molecular complexity index is 312. The van der Waals surface area contributed by atoms with Gasteiger partial charge in [0.05, 0.1) is 0 Å². The molecule has 1 rings (SSSR count). The molecule has 15 heavy (non-hydrogen) atoms. The van der Waals surface area contributed by atoms with Crippen molar-refractivity contribution in [1.82, 2.24) is 5.32 Å². The smallest absolute Gasteiger partial charge is 0.0409 e. The second kappa shape index (κ2) is 5.50. The first-order valence-corrected chi connectivity index (χ1v) is 5.65. The van der Waals surface area contributed by atoms with Gasteiger partial charge in [-0.1, -0.05) is 23.7 Å². The van der Waals surface area contributed by atoms with E-state index >= 15 is 0 Å². The van der Waals surface area contributed by atoms with Gasteiger partial charge in [-0.2, -0.15) is 0 Å². The Morgan fingerprint density at radius 1 is 1.27 bits per heavy atom. The van der Waals surface area contributed by atoms with Gasteiger partial charge < -0.3 is 11.1 Å². The Labute approximate surface area is 96.8 Å². The standard InChI is InChI=1S/C12H19ClN2/c1-8(14)9(2)15-10(3)11-5-4-6-12(13)7-11/h4-10,15H,14H2,1-3H3. The maximum Gasteiger partial charge on any atom is 0.0409 e. The number of nitrogens with two attached hydrogens (primary N) is 1. The Morgan fingerprint density at radius 2 is 1.93 bits per heavy atom. The molecule has 0 saturated carbocycles. The molecule has 1 aromatic carbocycles. The van der Waals surface area contributed by atoms with Crippen LogP contribution in [0, 0.1) is 0 Å². The third kappa shape index (κ3) is 3.82. The lowest BCUT2D eigenvalue weighted by molar-refractivity contribution is 0.430. The first-order chi connectivity index (χ1) is 7.00. The van der Waals surface area contributed by atoms with E-state index in [0.29, 0.717) is 6.04 Å². The highest BCUT2D eigenvalue weighted by atomic mass is 35.5. The monoisotopic (exact) mass is 226 g/mol. The molecule has 0 radical (unpaired) electrons. The lowest BCUT2D eigenvalue weighted by Gasteiger charge is -2.23. The molecule has 0 aliphatic rings. The molecule has 0 amide bonds. The summed E-state index contributed by atoms with van der Waals surface area (Å²) in [6.07, 6.45) is 0. The van der Waals surface area contributed by atoms with E-state index in [0.717, 1.165) is 5.02 Å². The van der Waals surface area contributed by atoms with Crippen molar-refractivity contribution >= 4 is 11.6 Å². The van der Waals surface area contributed by atoms with Gasteiger partial charge in [-0.3, -0.25) is 0 Å². The van der Waals surface area contributed by atoms with Gasteiger partial charge in [0, 0.05) is 23.1 Å². The number of benzene rings is 1. The number of halogens is 1. The Hall–Kier alpha value is -0.570. The summed E-state index contributed by atoms with van der Waals surface area (Å²) in [6, 6.07) is 8.60. The molecule has 0 saturated heterocycles. The molecule has 3 heteroatoms. The highest BCUT2D eigenvalue weighted by molar-refractivity contribution is 6.30. The Morgan fingerprint density at radius 3 is 2.47 bits per heavy atom. The van der Waals surface area contributed by atoms with Gasteiger partial charge in [0.1, 0.15) is 0 Å². The molecular weight excluding hydrogens is 208 g/mol. The van der Waals surface area contributed by atoms with Crippen molar-refractivity contribution in [3.63, 3.8) is 0 Å². The molecule has 0 aliphatic heterocycles. The molecule has 0 fully saturated rings. The van der Waals surface area contributed by atoms with Gasteiger partial charge >= 0.3 is 0 Å². The molecule has 84 valence electrons. The summed E-state index contributed by atoms with van der Waals surface area (Å²) in [5, 5.41) is 4.21. The molecule has 0 spiro atoms. The van der Waals surface area contributed by atoms with E-state index in [2.05, 4.69) is 25.2 Å². The zero-order valence-electron chi connectivity index (χ0n) is 9.50. The fourth-order valence-corrected chi connectivity index (χ4v) is 1.62. The van der Waals surface area contributed by atoms with Crippen molar-refractivity contribution in [3.8, 4) is 0 Å². The van der Waals surface area contributed by atoms with Crippen LogP contribution >= 0.6 is 11.6 Å². The van der Waals surface area contributed by atoms with E-state index in [1.807, 2.05) is 25.1 Å².